The van der Waals surface area contributed by atoms with Crippen LogP contribution in [0, 0.1) is 6.92 Å². The van der Waals surface area contributed by atoms with Gasteiger partial charge in [-0.05, 0) is 51.5 Å². The highest BCUT2D eigenvalue weighted by molar-refractivity contribution is 7.89. The molecular weight excluding hydrogens is 288 g/mol. The Kier molecular flexibility index (Phi) is 5.37. The van der Waals surface area contributed by atoms with E-state index < -0.39 is 10.0 Å². The highest BCUT2D eigenvalue weighted by atomic mass is 32.2. The van der Waals surface area contributed by atoms with E-state index in [2.05, 4.69) is 4.90 Å². The summed E-state index contributed by atoms with van der Waals surface area (Å²) in [4.78, 5) is 2.55. The molecule has 1 heterocycles. The van der Waals surface area contributed by atoms with E-state index in [1.165, 1.54) is 4.31 Å². The smallest absolute Gasteiger partial charge is 0.243 e. The summed E-state index contributed by atoms with van der Waals surface area (Å²) in [6.07, 6.45) is 1.61. The maximum atomic E-state index is 12.9. The van der Waals surface area contributed by atoms with Crippen LogP contribution in [0.5, 0.6) is 0 Å². The van der Waals surface area contributed by atoms with Crippen molar-refractivity contribution in [2.45, 2.75) is 30.7 Å². The van der Waals surface area contributed by atoms with Crippen LogP contribution in [0.15, 0.2) is 29.2 Å². The van der Waals surface area contributed by atoms with Gasteiger partial charge in [0.2, 0.25) is 10.0 Å². The van der Waals surface area contributed by atoms with Gasteiger partial charge in [-0.25, -0.2) is 8.42 Å². The lowest BCUT2D eigenvalue weighted by Crippen LogP contribution is -2.47. The first kappa shape index (κ1) is 16.4. The Balaban J connectivity index is 2.31. The van der Waals surface area contributed by atoms with Crippen LogP contribution in [0.4, 0.5) is 0 Å². The van der Waals surface area contributed by atoms with Crippen molar-refractivity contribution in [3.63, 3.8) is 0 Å². The van der Waals surface area contributed by atoms with Crippen molar-refractivity contribution < 1.29 is 13.5 Å². The van der Waals surface area contributed by atoms with E-state index in [4.69, 9.17) is 0 Å². The number of aryl methyl sites for hydroxylation is 1. The fraction of sp³-hybridized carbons (Fsp3) is 0.600. The lowest BCUT2D eigenvalue weighted by Gasteiger charge is -2.36. The van der Waals surface area contributed by atoms with Crippen molar-refractivity contribution in [2.75, 3.05) is 33.3 Å². The van der Waals surface area contributed by atoms with Gasteiger partial charge in [-0.15, -0.1) is 0 Å². The molecule has 0 radical (unpaired) electrons. The number of likely N-dealkylation sites (tertiary alicyclic amines) is 1. The minimum absolute atomic E-state index is 0.0297. The van der Waals surface area contributed by atoms with Crippen molar-refractivity contribution in [1.29, 1.82) is 0 Å². The van der Waals surface area contributed by atoms with E-state index in [0.717, 1.165) is 31.5 Å². The van der Waals surface area contributed by atoms with Gasteiger partial charge in [0.15, 0.2) is 0 Å². The van der Waals surface area contributed by atoms with Crippen LogP contribution in [0.3, 0.4) is 0 Å². The zero-order valence-electron chi connectivity index (χ0n) is 12.7. The largest absolute Gasteiger partial charge is 0.395 e. The van der Waals surface area contributed by atoms with Gasteiger partial charge in [0.25, 0.3) is 0 Å². The summed E-state index contributed by atoms with van der Waals surface area (Å²) in [6, 6.07) is 6.99. The molecule has 1 aliphatic rings. The Morgan fingerprint density at radius 1 is 1.29 bits per heavy atom. The number of rotatable bonds is 5. The maximum Gasteiger partial charge on any atom is 0.243 e. The molecule has 2 rings (SSSR count). The molecule has 1 aromatic rings. The highest BCUT2D eigenvalue weighted by Crippen LogP contribution is 2.25. The van der Waals surface area contributed by atoms with Crippen LogP contribution in [-0.2, 0) is 10.0 Å². The highest BCUT2D eigenvalue weighted by Gasteiger charge is 2.33. The van der Waals surface area contributed by atoms with E-state index >= 15 is 0 Å². The Labute approximate surface area is 127 Å². The molecule has 1 aliphatic heterocycles. The molecular formula is C15H24N2O3S. The van der Waals surface area contributed by atoms with Gasteiger partial charge >= 0.3 is 0 Å². The van der Waals surface area contributed by atoms with Crippen molar-refractivity contribution in [3.8, 4) is 0 Å². The fourth-order valence-electron chi connectivity index (χ4n) is 2.85. The lowest BCUT2D eigenvalue weighted by atomic mass is 10.1. The molecule has 6 heteroatoms. The number of sulfonamides is 1. The number of piperidine rings is 1. The molecule has 0 spiro atoms. The van der Waals surface area contributed by atoms with E-state index in [-0.39, 0.29) is 19.2 Å². The van der Waals surface area contributed by atoms with Crippen molar-refractivity contribution >= 4 is 10.0 Å². The average Bonchev–Trinajstić information content (AvgIpc) is 2.46. The molecule has 0 bridgehead atoms. The molecule has 118 valence electrons. The Morgan fingerprint density at radius 2 is 1.90 bits per heavy atom. The zero-order valence-corrected chi connectivity index (χ0v) is 13.5. The molecule has 0 amide bonds. The van der Waals surface area contributed by atoms with Gasteiger partial charge in [-0.2, -0.15) is 4.31 Å². The first-order valence-corrected chi connectivity index (χ1v) is 8.77. The first-order chi connectivity index (χ1) is 9.96. The summed E-state index contributed by atoms with van der Waals surface area (Å²) >= 11 is 0. The van der Waals surface area contributed by atoms with Gasteiger partial charge in [0.1, 0.15) is 0 Å². The number of aliphatic hydroxyl groups excluding tert-OH is 1. The third kappa shape index (κ3) is 3.63. The molecule has 1 saturated heterocycles. The summed E-state index contributed by atoms with van der Waals surface area (Å²) < 4.78 is 27.3. The van der Waals surface area contributed by atoms with Gasteiger partial charge in [-0.1, -0.05) is 18.2 Å². The van der Waals surface area contributed by atoms with Gasteiger partial charge in [0.05, 0.1) is 11.5 Å². The predicted molar refractivity (Wildman–Crippen MR) is 82.7 cm³/mol. The Morgan fingerprint density at radius 3 is 2.48 bits per heavy atom. The Hall–Kier alpha value is -0.950. The molecule has 21 heavy (non-hydrogen) atoms. The minimum atomic E-state index is -3.56. The minimum Gasteiger partial charge on any atom is -0.395 e. The van der Waals surface area contributed by atoms with Crippen molar-refractivity contribution in [1.82, 2.24) is 9.21 Å². The van der Waals surface area contributed by atoms with Crippen LogP contribution in [-0.4, -0.2) is 62.1 Å². The molecule has 0 aliphatic carbocycles. The first-order valence-electron chi connectivity index (χ1n) is 7.33. The SMILES string of the molecule is Cc1ccccc1S(=O)(=O)N(CCO)C1CCN(C)CC1. The second-order valence-electron chi connectivity index (χ2n) is 5.64. The molecule has 0 saturated carbocycles. The number of nitrogens with zero attached hydrogens (tertiary/aromatic N) is 2. The second kappa shape index (κ2) is 6.87. The summed E-state index contributed by atoms with van der Waals surface area (Å²) in [7, 11) is -1.51. The summed E-state index contributed by atoms with van der Waals surface area (Å²) in [5.41, 5.74) is 0.744. The van der Waals surface area contributed by atoms with Crippen LogP contribution >= 0.6 is 0 Å². The Bertz CT molecular complexity index is 566. The fourth-order valence-corrected chi connectivity index (χ4v) is 4.76. The predicted octanol–water partition coefficient (Wildman–Crippen LogP) is 1.07. The standard InChI is InChI=1S/C15H24N2O3S/c1-13-5-3-4-6-15(13)21(19,20)17(11-12-18)14-7-9-16(2)10-8-14/h3-6,14,18H,7-12H2,1-2H3. The monoisotopic (exact) mass is 312 g/mol. The zero-order chi connectivity index (χ0) is 15.5. The lowest BCUT2D eigenvalue weighted by molar-refractivity contribution is 0.161. The topological polar surface area (TPSA) is 60.9 Å². The number of aliphatic hydroxyl groups is 1. The third-order valence-corrected chi connectivity index (χ3v) is 6.21. The molecule has 1 fully saturated rings. The second-order valence-corrected chi connectivity index (χ2v) is 7.50. The van der Waals surface area contributed by atoms with E-state index in [9.17, 15) is 13.5 Å². The van der Waals surface area contributed by atoms with Crippen LogP contribution < -0.4 is 0 Å². The van der Waals surface area contributed by atoms with Crippen molar-refractivity contribution in [3.05, 3.63) is 29.8 Å². The normalized spacial score (nSPS) is 18.3. The summed E-state index contributed by atoms with van der Waals surface area (Å²) in [5.74, 6) is 0. The molecule has 0 aromatic heterocycles. The van der Waals surface area contributed by atoms with Crippen LogP contribution in [0.25, 0.3) is 0 Å². The summed E-state index contributed by atoms with van der Waals surface area (Å²) in [5, 5.41) is 9.28. The van der Waals surface area contributed by atoms with Gasteiger partial charge in [0, 0.05) is 12.6 Å². The molecule has 1 N–H and O–H groups in total. The number of hydrogen-bond acceptors (Lipinski definition) is 4. The van der Waals surface area contributed by atoms with Crippen molar-refractivity contribution in [2.24, 2.45) is 0 Å². The quantitative estimate of drug-likeness (QED) is 0.883. The van der Waals surface area contributed by atoms with Gasteiger partial charge in [-0.3, -0.25) is 0 Å². The van der Waals surface area contributed by atoms with E-state index in [1.807, 2.05) is 13.1 Å². The van der Waals surface area contributed by atoms with E-state index in [0.29, 0.717) is 4.90 Å². The molecule has 0 unspecified atom stereocenters. The third-order valence-electron chi connectivity index (χ3n) is 4.10. The molecule has 1 aromatic carbocycles. The molecule has 0 atom stereocenters. The van der Waals surface area contributed by atoms with Crippen LogP contribution in [0.1, 0.15) is 18.4 Å². The maximum absolute atomic E-state index is 12.9. The average molecular weight is 312 g/mol. The van der Waals surface area contributed by atoms with Gasteiger partial charge < -0.3 is 10.0 Å². The molecule has 5 nitrogen and oxygen atoms in total. The number of hydrogen-bond donors (Lipinski definition) is 1. The van der Waals surface area contributed by atoms with Crippen LogP contribution in [0.2, 0.25) is 0 Å². The number of benzene rings is 1. The summed E-state index contributed by atoms with van der Waals surface area (Å²) in [6.45, 7) is 3.58. The van der Waals surface area contributed by atoms with E-state index in [1.54, 1.807) is 25.1 Å².